The molecule has 7 nitrogen and oxygen atoms in total. The van der Waals surface area contributed by atoms with Gasteiger partial charge in [-0.05, 0) is 50.2 Å². The number of aliphatic hydroxyl groups is 1. The predicted molar refractivity (Wildman–Crippen MR) is 109 cm³/mol. The number of nitrogens with two attached hydrogens (primary N) is 1. The number of aliphatic hydroxyl groups excluding tert-OH is 1. The Morgan fingerprint density at radius 1 is 1.17 bits per heavy atom. The molecular formula is C21H27FN4O3. The number of imidazole rings is 1. The van der Waals surface area contributed by atoms with Crippen molar-refractivity contribution in [1.29, 1.82) is 0 Å². The summed E-state index contributed by atoms with van der Waals surface area (Å²) in [6, 6.07) is 11.5. The number of benzene rings is 2. The molecule has 4 N–H and O–H groups in total. The number of nitrogens with zero attached hydrogens (tertiary/aromatic N) is 2. The second-order valence-electron chi connectivity index (χ2n) is 7.00. The van der Waals surface area contributed by atoms with Crippen LogP contribution in [-0.2, 0) is 17.8 Å². The Morgan fingerprint density at radius 2 is 1.90 bits per heavy atom. The van der Waals surface area contributed by atoms with Gasteiger partial charge < -0.3 is 30.2 Å². The quantitative estimate of drug-likeness (QED) is 0.452. The van der Waals surface area contributed by atoms with Crippen molar-refractivity contribution < 1.29 is 19.0 Å². The van der Waals surface area contributed by atoms with Gasteiger partial charge >= 0.3 is 0 Å². The van der Waals surface area contributed by atoms with Crippen LogP contribution in [0.25, 0.3) is 11.0 Å². The summed E-state index contributed by atoms with van der Waals surface area (Å²) < 4.78 is 26.7. The van der Waals surface area contributed by atoms with Crippen LogP contribution in [0.15, 0.2) is 42.5 Å². The van der Waals surface area contributed by atoms with E-state index in [1.807, 2.05) is 32.0 Å². The molecule has 1 unspecified atom stereocenters. The van der Waals surface area contributed by atoms with Crippen LogP contribution >= 0.6 is 0 Å². The Morgan fingerprint density at radius 3 is 2.59 bits per heavy atom. The molecule has 1 heterocycles. The van der Waals surface area contributed by atoms with E-state index in [4.69, 9.17) is 15.2 Å². The van der Waals surface area contributed by atoms with Crippen LogP contribution in [-0.4, -0.2) is 40.1 Å². The molecule has 156 valence electrons. The Hall–Kier alpha value is -2.52. The van der Waals surface area contributed by atoms with Crippen LogP contribution in [0.3, 0.4) is 0 Å². The third-order valence-corrected chi connectivity index (χ3v) is 4.25. The van der Waals surface area contributed by atoms with Gasteiger partial charge in [0.2, 0.25) is 0 Å². The number of hydrogen-bond acceptors (Lipinski definition) is 6. The number of aromatic nitrogens is 2. The molecule has 0 fully saturated rings. The average Bonchev–Trinajstić information content (AvgIpc) is 3.00. The van der Waals surface area contributed by atoms with E-state index < -0.39 is 6.23 Å². The molecule has 29 heavy (non-hydrogen) atoms. The summed E-state index contributed by atoms with van der Waals surface area (Å²) in [7, 11) is 0. The van der Waals surface area contributed by atoms with Crippen LogP contribution in [0.5, 0.6) is 11.5 Å². The molecule has 1 aromatic heterocycles. The molecule has 0 bridgehead atoms. The molecule has 1 atom stereocenters. The highest BCUT2D eigenvalue weighted by Gasteiger charge is 2.13. The molecule has 3 rings (SSSR count). The van der Waals surface area contributed by atoms with Gasteiger partial charge in [0.15, 0.2) is 0 Å². The first-order valence-electron chi connectivity index (χ1n) is 9.61. The van der Waals surface area contributed by atoms with Gasteiger partial charge in [0.05, 0.1) is 30.3 Å². The lowest BCUT2D eigenvalue weighted by Gasteiger charge is -2.13. The maximum Gasteiger partial charge on any atom is 0.129 e. The van der Waals surface area contributed by atoms with Gasteiger partial charge in [0, 0.05) is 19.2 Å². The molecule has 0 spiro atoms. The smallest absolute Gasteiger partial charge is 0.129 e. The minimum atomic E-state index is -0.923. The van der Waals surface area contributed by atoms with Crippen molar-refractivity contribution in [2.24, 2.45) is 5.73 Å². The van der Waals surface area contributed by atoms with Crippen molar-refractivity contribution in [3.05, 3.63) is 54.1 Å². The van der Waals surface area contributed by atoms with Crippen molar-refractivity contribution in [3.8, 4) is 11.5 Å². The van der Waals surface area contributed by atoms with Gasteiger partial charge in [-0.3, -0.25) is 0 Å². The minimum Gasteiger partial charge on any atom is -0.457 e. The summed E-state index contributed by atoms with van der Waals surface area (Å²) in [6.45, 7) is 5.87. The SMILES string of the molecule is CC(C)OCCn1c(CNCC(N)O)nc2ccc(Oc3ccc(F)cc3)cc21. The maximum atomic E-state index is 13.1. The van der Waals surface area contributed by atoms with Crippen LogP contribution in [0.1, 0.15) is 19.7 Å². The van der Waals surface area contributed by atoms with E-state index in [1.165, 1.54) is 12.1 Å². The first-order valence-corrected chi connectivity index (χ1v) is 9.61. The van der Waals surface area contributed by atoms with Gasteiger partial charge in [-0.15, -0.1) is 0 Å². The van der Waals surface area contributed by atoms with Gasteiger partial charge in [-0.25, -0.2) is 9.37 Å². The molecule has 0 aliphatic rings. The second kappa shape index (κ2) is 9.80. The van der Waals surface area contributed by atoms with Gasteiger partial charge in [0.25, 0.3) is 0 Å². The summed E-state index contributed by atoms with van der Waals surface area (Å²) in [5.74, 6) is 1.69. The lowest BCUT2D eigenvalue weighted by molar-refractivity contribution is 0.0728. The number of hydrogen-bond donors (Lipinski definition) is 3. The first kappa shape index (κ1) is 21.2. The number of fused-ring (bicyclic) bond motifs is 1. The fourth-order valence-corrected chi connectivity index (χ4v) is 2.95. The minimum absolute atomic E-state index is 0.135. The van der Waals surface area contributed by atoms with Crippen molar-refractivity contribution >= 4 is 11.0 Å². The van der Waals surface area contributed by atoms with E-state index in [2.05, 4.69) is 14.9 Å². The highest BCUT2D eigenvalue weighted by molar-refractivity contribution is 5.78. The highest BCUT2D eigenvalue weighted by Crippen LogP contribution is 2.26. The Kier molecular flexibility index (Phi) is 7.16. The van der Waals surface area contributed by atoms with E-state index in [0.29, 0.717) is 31.2 Å². The van der Waals surface area contributed by atoms with Crippen LogP contribution < -0.4 is 15.8 Å². The standard InChI is InChI=1S/C21H27FN4O3/c1-14(2)28-10-9-26-19-11-17(29-16-5-3-15(22)4-6-16)7-8-18(19)25-21(26)13-24-12-20(23)27/h3-8,11,14,20,24,27H,9-10,12-13,23H2,1-2H3. The van der Waals surface area contributed by atoms with Crippen LogP contribution in [0.2, 0.25) is 0 Å². The van der Waals surface area contributed by atoms with Crippen molar-refractivity contribution in [3.63, 3.8) is 0 Å². The summed E-state index contributed by atoms with van der Waals surface area (Å²) in [4.78, 5) is 4.68. The summed E-state index contributed by atoms with van der Waals surface area (Å²) in [6.07, 6.45) is -0.788. The first-order chi connectivity index (χ1) is 13.9. The normalized spacial score (nSPS) is 12.6. The average molecular weight is 402 g/mol. The van der Waals surface area contributed by atoms with Gasteiger partial charge in [0.1, 0.15) is 29.4 Å². The number of halogens is 1. The molecule has 3 aromatic rings. The predicted octanol–water partition coefficient (Wildman–Crippen LogP) is 2.76. The van der Waals surface area contributed by atoms with E-state index in [0.717, 1.165) is 16.9 Å². The summed E-state index contributed by atoms with van der Waals surface area (Å²) in [5.41, 5.74) is 7.12. The highest BCUT2D eigenvalue weighted by atomic mass is 19.1. The lowest BCUT2D eigenvalue weighted by atomic mass is 10.3. The van der Waals surface area contributed by atoms with Gasteiger partial charge in [-0.2, -0.15) is 0 Å². The third-order valence-electron chi connectivity index (χ3n) is 4.25. The second-order valence-corrected chi connectivity index (χ2v) is 7.00. The van der Waals surface area contributed by atoms with Crippen LogP contribution in [0.4, 0.5) is 4.39 Å². The van der Waals surface area contributed by atoms with Crippen molar-refractivity contribution in [2.45, 2.75) is 39.3 Å². The zero-order valence-electron chi connectivity index (χ0n) is 16.6. The van der Waals surface area contributed by atoms with Crippen molar-refractivity contribution in [1.82, 2.24) is 14.9 Å². The molecule has 0 amide bonds. The molecule has 8 heteroatoms. The topological polar surface area (TPSA) is 94.6 Å². The zero-order valence-corrected chi connectivity index (χ0v) is 16.6. The third kappa shape index (κ3) is 5.98. The molecule has 0 saturated heterocycles. The summed E-state index contributed by atoms with van der Waals surface area (Å²) in [5, 5.41) is 12.4. The van der Waals surface area contributed by atoms with E-state index in [1.54, 1.807) is 12.1 Å². The Bertz CT molecular complexity index is 926. The van der Waals surface area contributed by atoms with E-state index >= 15 is 0 Å². The number of ether oxygens (including phenoxy) is 2. The monoisotopic (exact) mass is 402 g/mol. The molecule has 2 aromatic carbocycles. The summed E-state index contributed by atoms with van der Waals surface area (Å²) >= 11 is 0. The fraction of sp³-hybridized carbons (Fsp3) is 0.381. The van der Waals surface area contributed by atoms with Crippen LogP contribution in [0, 0.1) is 5.82 Å². The lowest BCUT2D eigenvalue weighted by Crippen LogP contribution is -2.33. The number of rotatable bonds is 10. The Balaban J connectivity index is 1.85. The molecular weight excluding hydrogens is 375 g/mol. The molecule has 0 aliphatic carbocycles. The largest absolute Gasteiger partial charge is 0.457 e. The molecule has 0 saturated carbocycles. The molecule has 0 aliphatic heterocycles. The Labute approximate surface area is 169 Å². The van der Waals surface area contributed by atoms with Gasteiger partial charge in [-0.1, -0.05) is 0 Å². The fourth-order valence-electron chi connectivity index (χ4n) is 2.95. The van der Waals surface area contributed by atoms with Crippen molar-refractivity contribution in [2.75, 3.05) is 13.2 Å². The van der Waals surface area contributed by atoms with E-state index in [-0.39, 0.29) is 18.5 Å². The zero-order chi connectivity index (χ0) is 20.8. The molecule has 0 radical (unpaired) electrons. The van der Waals surface area contributed by atoms with E-state index in [9.17, 15) is 9.50 Å². The number of nitrogens with one attached hydrogen (secondary N) is 1. The maximum absolute atomic E-state index is 13.1.